The Kier molecular flexibility index (Phi) is 7.55. The predicted octanol–water partition coefficient (Wildman–Crippen LogP) is 4.33. The minimum Gasteiger partial charge on any atom is -0.382 e. The Bertz CT molecular complexity index is 953. The third-order valence-corrected chi connectivity index (χ3v) is 5.71. The van der Waals surface area contributed by atoms with Crippen LogP contribution in [0.15, 0.2) is 30.3 Å². The average Bonchev–Trinajstić information content (AvgIpc) is 3.15. The fourth-order valence-corrected chi connectivity index (χ4v) is 3.98. The quantitative estimate of drug-likeness (QED) is 0.485. The van der Waals surface area contributed by atoms with Crippen LogP contribution in [0.1, 0.15) is 46.9 Å². The predicted molar refractivity (Wildman–Crippen MR) is 119 cm³/mol. The molecule has 0 spiro atoms. The molecule has 0 atom stereocenters. The average molecular weight is 413 g/mol. The van der Waals surface area contributed by atoms with E-state index in [0.717, 1.165) is 40.3 Å². The van der Waals surface area contributed by atoms with E-state index in [1.165, 1.54) is 4.88 Å². The number of carbonyl (C=O) groups is 1. The summed E-state index contributed by atoms with van der Waals surface area (Å²) in [6.07, 6.45) is 1.81. The van der Waals surface area contributed by atoms with Crippen LogP contribution in [-0.4, -0.2) is 35.6 Å². The number of fused-ring (bicyclic) bond motifs is 1. The third-order valence-electron chi connectivity index (χ3n) is 4.54. The van der Waals surface area contributed by atoms with Crippen molar-refractivity contribution >= 4 is 33.3 Å². The van der Waals surface area contributed by atoms with Crippen LogP contribution in [0.2, 0.25) is 0 Å². The van der Waals surface area contributed by atoms with Gasteiger partial charge in [0, 0.05) is 36.7 Å². The molecule has 2 heterocycles. The van der Waals surface area contributed by atoms with Crippen molar-refractivity contribution in [1.82, 2.24) is 15.3 Å². The zero-order valence-corrected chi connectivity index (χ0v) is 18.1. The molecular weight excluding hydrogens is 384 g/mol. The van der Waals surface area contributed by atoms with Gasteiger partial charge >= 0.3 is 0 Å². The maximum atomic E-state index is 12.2. The molecule has 3 rings (SSSR count). The van der Waals surface area contributed by atoms with Crippen molar-refractivity contribution in [2.45, 2.75) is 40.2 Å². The van der Waals surface area contributed by atoms with Crippen LogP contribution < -0.4 is 10.6 Å². The number of aryl methyl sites for hydroxylation is 2. The summed E-state index contributed by atoms with van der Waals surface area (Å²) < 4.78 is 5.28. The van der Waals surface area contributed by atoms with Crippen molar-refractivity contribution < 1.29 is 9.53 Å². The maximum absolute atomic E-state index is 12.2. The van der Waals surface area contributed by atoms with Gasteiger partial charge in [0.2, 0.25) is 0 Å². The van der Waals surface area contributed by atoms with Gasteiger partial charge in [-0.1, -0.05) is 19.1 Å². The zero-order chi connectivity index (χ0) is 20.6. The highest BCUT2D eigenvalue weighted by Gasteiger charge is 2.10. The molecule has 0 radical (unpaired) electrons. The summed E-state index contributed by atoms with van der Waals surface area (Å²) >= 11 is 1.72. The van der Waals surface area contributed by atoms with E-state index < -0.39 is 0 Å². The number of anilines is 1. The molecule has 6 nitrogen and oxygen atoms in total. The number of aromatic nitrogens is 2. The van der Waals surface area contributed by atoms with Crippen molar-refractivity contribution in [2.24, 2.45) is 0 Å². The van der Waals surface area contributed by atoms with Gasteiger partial charge < -0.3 is 15.4 Å². The van der Waals surface area contributed by atoms with Crippen LogP contribution in [-0.2, 0) is 17.7 Å². The molecule has 7 heteroatoms. The van der Waals surface area contributed by atoms with E-state index in [-0.39, 0.29) is 5.91 Å². The van der Waals surface area contributed by atoms with Gasteiger partial charge in [0.1, 0.15) is 16.5 Å². The molecule has 0 aliphatic heterocycles. The Balaban J connectivity index is 1.58. The van der Waals surface area contributed by atoms with Gasteiger partial charge in [0.15, 0.2) is 0 Å². The summed E-state index contributed by atoms with van der Waals surface area (Å²) in [6.45, 7) is 8.65. The van der Waals surface area contributed by atoms with E-state index >= 15 is 0 Å². The van der Waals surface area contributed by atoms with Gasteiger partial charge in [-0.25, -0.2) is 9.97 Å². The first-order valence-electron chi connectivity index (χ1n) is 10.1. The van der Waals surface area contributed by atoms with Gasteiger partial charge in [-0.2, -0.15) is 0 Å². The summed E-state index contributed by atoms with van der Waals surface area (Å²) in [5.41, 5.74) is 1.75. The molecule has 0 saturated heterocycles. The molecule has 3 aromatic rings. The van der Waals surface area contributed by atoms with E-state index in [9.17, 15) is 4.79 Å². The molecule has 0 aliphatic rings. The van der Waals surface area contributed by atoms with Gasteiger partial charge in [0.05, 0.1) is 5.39 Å². The first-order chi connectivity index (χ1) is 14.1. The Labute approximate surface area is 175 Å². The van der Waals surface area contributed by atoms with Crippen LogP contribution in [0, 0.1) is 6.92 Å². The second kappa shape index (κ2) is 10.3. The molecule has 154 valence electrons. The lowest BCUT2D eigenvalue weighted by Crippen LogP contribution is -2.25. The summed E-state index contributed by atoms with van der Waals surface area (Å²) in [4.78, 5) is 23.6. The molecular formula is C22H28N4O2S. The molecule has 0 unspecified atom stereocenters. The smallest absolute Gasteiger partial charge is 0.251 e. The molecule has 2 aromatic heterocycles. The SMILES string of the molecule is CCOCCCNC(=O)c1ccc(CNc2nc(C)nc3sc(CC)cc23)cc1. The number of nitrogens with zero attached hydrogens (tertiary/aromatic N) is 2. The monoisotopic (exact) mass is 412 g/mol. The van der Waals surface area contributed by atoms with Gasteiger partial charge in [-0.15, -0.1) is 11.3 Å². The molecule has 29 heavy (non-hydrogen) atoms. The van der Waals surface area contributed by atoms with E-state index in [4.69, 9.17) is 4.74 Å². The lowest BCUT2D eigenvalue weighted by Gasteiger charge is -2.09. The first kappa shape index (κ1) is 21.2. The number of benzene rings is 1. The minimum absolute atomic E-state index is 0.0560. The zero-order valence-electron chi connectivity index (χ0n) is 17.2. The minimum atomic E-state index is -0.0560. The van der Waals surface area contributed by atoms with E-state index in [1.54, 1.807) is 11.3 Å². The van der Waals surface area contributed by atoms with E-state index in [2.05, 4.69) is 33.6 Å². The number of ether oxygens (including phenoxy) is 1. The molecule has 2 N–H and O–H groups in total. The normalized spacial score (nSPS) is 11.0. The highest BCUT2D eigenvalue weighted by Crippen LogP contribution is 2.29. The Hall–Kier alpha value is -2.51. The Morgan fingerprint density at radius 3 is 2.69 bits per heavy atom. The molecule has 1 aromatic carbocycles. The summed E-state index contributed by atoms with van der Waals surface area (Å²) in [7, 11) is 0. The lowest BCUT2D eigenvalue weighted by molar-refractivity contribution is 0.0944. The molecule has 0 saturated carbocycles. The summed E-state index contributed by atoms with van der Waals surface area (Å²) in [5.74, 6) is 1.57. The standard InChI is InChI=1S/C22H28N4O2S/c1-4-18-13-19-20(25-15(3)26-22(19)29-18)24-14-16-7-9-17(10-8-16)21(27)23-11-6-12-28-5-2/h7-10,13H,4-6,11-12,14H2,1-3H3,(H,23,27)(H,24,25,26). The highest BCUT2D eigenvalue weighted by molar-refractivity contribution is 7.18. The van der Waals surface area contributed by atoms with Gasteiger partial charge in [-0.3, -0.25) is 4.79 Å². The number of rotatable bonds is 10. The second-order valence-electron chi connectivity index (χ2n) is 6.76. The fraction of sp³-hybridized carbons (Fsp3) is 0.409. The van der Waals surface area contributed by atoms with Crippen LogP contribution in [0.3, 0.4) is 0 Å². The third kappa shape index (κ3) is 5.74. The van der Waals surface area contributed by atoms with Crippen LogP contribution >= 0.6 is 11.3 Å². The number of thiophene rings is 1. The van der Waals surface area contributed by atoms with Gasteiger partial charge in [0.25, 0.3) is 5.91 Å². The van der Waals surface area contributed by atoms with Crippen molar-refractivity contribution in [2.75, 3.05) is 25.1 Å². The van der Waals surface area contributed by atoms with Crippen molar-refractivity contribution in [1.29, 1.82) is 0 Å². The largest absolute Gasteiger partial charge is 0.382 e. The van der Waals surface area contributed by atoms with Gasteiger partial charge in [-0.05, 0) is 50.5 Å². The Morgan fingerprint density at radius 2 is 1.97 bits per heavy atom. The number of hydrogen-bond donors (Lipinski definition) is 2. The van der Waals surface area contributed by atoms with Crippen molar-refractivity contribution in [3.05, 3.63) is 52.2 Å². The number of hydrogen-bond acceptors (Lipinski definition) is 6. The van der Waals surface area contributed by atoms with Crippen molar-refractivity contribution in [3.63, 3.8) is 0 Å². The van der Waals surface area contributed by atoms with Crippen LogP contribution in [0.4, 0.5) is 5.82 Å². The topological polar surface area (TPSA) is 76.1 Å². The lowest BCUT2D eigenvalue weighted by atomic mass is 10.1. The maximum Gasteiger partial charge on any atom is 0.251 e. The van der Waals surface area contributed by atoms with Crippen LogP contribution in [0.25, 0.3) is 10.2 Å². The second-order valence-corrected chi connectivity index (χ2v) is 7.88. The number of nitrogens with one attached hydrogen (secondary N) is 2. The summed E-state index contributed by atoms with van der Waals surface area (Å²) in [5, 5.41) is 7.41. The first-order valence-corrected chi connectivity index (χ1v) is 10.9. The summed E-state index contributed by atoms with van der Waals surface area (Å²) in [6, 6.07) is 9.82. The molecule has 0 bridgehead atoms. The number of carbonyl (C=O) groups excluding carboxylic acids is 1. The Morgan fingerprint density at radius 1 is 1.17 bits per heavy atom. The molecule has 0 aliphatic carbocycles. The highest BCUT2D eigenvalue weighted by atomic mass is 32.1. The van der Waals surface area contributed by atoms with E-state index in [0.29, 0.717) is 31.9 Å². The number of amides is 1. The fourth-order valence-electron chi connectivity index (χ4n) is 2.97. The van der Waals surface area contributed by atoms with Crippen molar-refractivity contribution in [3.8, 4) is 0 Å². The molecule has 1 amide bonds. The van der Waals surface area contributed by atoms with E-state index in [1.807, 2.05) is 38.1 Å². The molecule has 0 fully saturated rings. The van der Waals surface area contributed by atoms with Crippen LogP contribution in [0.5, 0.6) is 0 Å².